The van der Waals surface area contributed by atoms with Gasteiger partial charge in [0.1, 0.15) is 12.3 Å². The molecule has 0 saturated heterocycles. The van der Waals surface area contributed by atoms with E-state index < -0.39 is 17.1 Å². The van der Waals surface area contributed by atoms with Crippen LogP contribution in [0.5, 0.6) is 0 Å². The summed E-state index contributed by atoms with van der Waals surface area (Å²) in [5.74, 6) is 0.0812. The predicted molar refractivity (Wildman–Crippen MR) is 61.8 cm³/mol. The van der Waals surface area contributed by atoms with Crippen molar-refractivity contribution in [2.24, 2.45) is 4.99 Å². The molecular weight excluding hydrogens is 228 g/mol. The second-order valence-electron chi connectivity index (χ2n) is 3.39. The smallest absolute Gasteiger partial charge is 0.157 e. The molecule has 0 fully saturated rings. The lowest BCUT2D eigenvalue weighted by Gasteiger charge is -2.17. The van der Waals surface area contributed by atoms with Gasteiger partial charge in [-0.05, 0) is 11.6 Å². The summed E-state index contributed by atoms with van der Waals surface area (Å²) >= 11 is -1.86. The van der Waals surface area contributed by atoms with Crippen molar-refractivity contribution >= 4 is 29.4 Å². The summed E-state index contributed by atoms with van der Waals surface area (Å²) in [4.78, 5) is 14.7. The zero-order chi connectivity index (χ0) is 11.5. The fraction of sp³-hybridized carbons (Fsp3) is 0.200. The number of nitrogens with one attached hydrogen (secondary N) is 1. The third-order valence-corrected chi connectivity index (χ3v) is 2.89. The number of hydrogen-bond acceptors (Lipinski definition) is 4. The third kappa shape index (κ3) is 2.17. The van der Waals surface area contributed by atoms with Crippen LogP contribution in [0.15, 0.2) is 23.2 Å². The molecule has 0 bridgehead atoms. The van der Waals surface area contributed by atoms with Gasteiger partial charge in [0.25, 0.3) is 0 Å². The molecule has 0 aromatic heterocycles. The van der Waals surface area contributed by atoms with Crippen molar-refractivity contribution in [3.63, 3.8) is 0 Å². The number of aliphatic imine (C=N–C) groups is 1. The lowest BCUT2D eigenvalue weighted by molar-refractivity contribution is -0.108. The van der Waals surface area contributed by atoms with Crippen LogP contribution in [-0.2, 0) is 21.6 Å². The van der Waals surface area contributed by atoms with Gasteiger partial charge >= 0.3 is 0 Å². The minimum absolute atomic E-state index is 0.0812. The number of aldehydes is 1. The number of hydrogen-bond donors (Lipinski definition) is 2. The fourth-order valence-corrected chi connectivity index (χ4v) is 2.06. The number of fused-ring (bicyclic) bond motifs is 1. The Hall–Kier alpha value is -1.53. The number of carbonyl (C=O) groups excluding carboxylic acids is 1. The van der Waals surface area contributed by atoms with Gasteiger partial charge in [-0.25, -0.2) is 4.21 Å². The maximum absolute atomic E-state index is 10.8. The Bertz CT molecular complexity index is 473. The van der Waals surface area contributed by atoms with E-state index in [1.165, 1.54) is 6.34 Å². The fourth-order valence-electron chi connectivity index (χ4n) is 1.59. The summed E-state index contributed by atoms with van der Waals surface area (Å²) in [7, 11) is 0. The van der Waals surface area contributed by atoms with Gasteiger partial charge in [-0.15, -0.1) is 0 Å². The largest absolute Gasteiger partial charge is 0.346 e. The molecule has 2 rings (SSSR count). The van der Waals surface area contributed by atoms with E-state index in [1.807, 2.05) is 0 Å². The van der Waals surface area contributed by atoms with Gasteiger partial charge in [0.2, 0.25) is 0 Å². The lowest BCUT2D eigenvalue weighted by Crippen LogP contribution is -2.11. The summed E-state index contributed by atoms with van der Waals surface area (Å²) in [6, 6.07) is 4.75. The average molecular weight is 238 g/mol. The van der Waals surface area contributed by atoms with Crippen LogP contribution in [0.3, 0.4) is 0 Å². The molecule has 0 spiro atoms. The molecule has 2 unspecified atom stereocenters. The molecule has 1 aliphatic heterocycles. The van der Waals surface area contributed by atoms with Crippen LogP contribution in [0.2, 0.25) is 0 Å². The van der Waals surface area contributed by atoms with Gasteiger partial charge in [0.15, 0.2) is 11.1 Å². The van der Waals surface area contributed by atoms with E-state index in [9.17, 15) is 9.00 Å². The molecule has 5 nitrogen and oxygen atoms in total. The number of rotatable bonds is 3. The van der Waals surface area contributed by atoms with Crippen LogP contribution >= 0.6 is 0 Å². The van der Waals surface area contributed by atoms with Crippen LogP contribution in [0.25, 0.3) is 0 Å². The maximum atomic E-state index is 10.8. The van der Waals surface area contributed by atoms with Crippen molar-refractivity contribution in [3.8, 4) is 0 Å². The highest BCUT2D eigenvalue weighted by atomic mass is 32.2. The molecule has 2 atom stereocenters. The number of nitrogens with zero attached hydrogens (tertiary/aromatic N) is 1. The maximum Gasteiger partial charge on any atom is 0.157 e. The van der Waals surface area contributed by atoms with Gasteiger partial charge in [0.05, 0.1) is 12.1 Å². The average Bonchev–Trinajstić information content (AvgIpc) is 2.27. The van der Waals surface area contributed by atoms with E-state index in [-0.39, 0.29) is 5.75 Å². The highest BCUT2D eigenvalue weighted by molar-refractivity contribution is 7.78. The lowest BCUT2D eigenvalue weighted by atomic mass is 10.0. The Morgan fingerprint density at radius 2 is 2.38 bits per heavy atom. The van der Waals surface area contributed by atoms with E-state index in [1.54, 1.807) is 18.2 Å². The Labute approximate surface area is 94.9 Å². The Kier molecular flexibility index (Phi) is 3.12. The topological polar surface area (TPSA) is 78.8 Å². The molecule has 0 radical (unpaired) electrons. The van der Waals surface area contributed by atoms with E-state index in [4.69, 9.17) is 4.55 Å². The molecule has 0 aliphatic carbocycles. The zero-order valence-electron chi connectivity index (χ0n) is 8.29. The van der Waals surface area contributed by atoms with Crippen molar-refractivity contribution in [1.82, 2.24) is 0 Å². The first-order valence-electron chi connectivity index (χ1n) is 4.64. The molecule has 1 aromatic rings. The zero-order valence-corrected chi connectivity index (χ0v) is 9.11. The first kappa shape index (κ1) is 11.0. The first-order chi connectivity index (χ1) is 7.70. The van der Waals surface area contributed by atoms with E-state index in [0.717, 1.165) is 23.1 Å². The molecular formula is C10H10N2O3S. The second-order valence-corrected chi connectivity index (χ2v) is 4.32. The van der Waals surface area contributed by atoms with E-state index in [0.29, 0.717) is 0 Å². The molecule has 0 amide bonds. The minimum atomic E-state index is -1.86. The van der Waals surface area contributed by atoms with Crippen molar-refractivity contribution in [2.45, 2.75) is 11.8 Å². The molecule has 0 saturated carbocycles. The minimum Gasteiger partial charge on any atom is -0.346 e. The highest BCUT2D eigenvalue weighted by Gasteiger charge is 2.16. The quantitative estimate of drug-likeness (QED) is 0.610. The number of carbonyl (C=O) groups is 1. The van der Waals surface area contributed by atoms with Gasteiger partial charge in [-0.2, -0.15) is 0 Å². The summed E-state index contributed by atoms with van der Waals surface area (Å²) in [6.45, 7) is 0. The van der Waals surface area contributed by atoms with Crippen LogP contribution in [0.4, 0.5) is 5.69 Å². The molecule has 6 heteroatoms. The van der Waals surface area contributed by atoms with Crippen LogP contribution in [0.1, 0.15) is 17.2 Å². The molecule has 2 N–H and O–H groups in total. The van der Waals surface area contributed by atoms with Crippen molar-refractivity contribution < 1.29 is 13.6 Å². The van der Waals surface area contributed by atoms with Gasteiger partial charge in [0, 0.05) is 11.3 Å². The van der Waals surface area contributed by atoms with Gasteiger partial charge in [-0.3, -0.25) is 4.99 Å². The standard InChI is InChI=1S/C10H10N2O3S/c13-4-10-8-2-1-7(5-16(14)15)3-9(8)11-6-12-10/h1-4,6,10H,5H2,(H,11,12)(H,14,15). The predicted octanol–water partition coefficient (Wildman–Crippen LogP) is 1.10. The number of anilines is 1. The van der Waals surface area contributed by atoms with Gasteiger partial charge < -0.3 is 14.7 Å². The Balaban J connectivity index is 2.34. The summed E-state index contributed by atoms with van der Waals surface area (Å²) in [6.07, 6.45) is 2.22. The summed E-state index contributed by atoms with van der Waals surface area (Å²) in [5, 5.41) is 2.91. The van der Waals surface area contributed by atoms with Crippen LogP contribution < -0.4 is 5.32 Å². The van der Waals surface area contributed by atoms with Crippen LogP contribution in [0, 0.1) is 0 Å². The van der Waals surface area contributed by atoms with Crippen molar-refractivity contribution in [3.05, 3.63) is 29.3 Å². The molecule has 1 heterocycles. The van der Waals surface area contributed by atoms with Gasteiger partial charge in [-0.1, -0.05) is 12.1 Å². The van der Waals surface area contributed by atoms with Crippen molar-refractivity contribution in [1.29, 1.82) is 0 Å². The molecule has 1 aliphatic rings. The second kappa shape index (κ2) is 4.54. The molecule has 84 valence electrons. The van der Waals surface area contributed by atoms with Crippen molar-refractivity contribution in [2.75, 3.05) is 5.32 Å². The third-order valence-electron chi connectivity index (χ3n) is 2.31. The monoisotopic (exact) mass is 238 g/mol. The van der Waals surface area contributed by atoms with E-state index >= 15 is 0 Å². The highest BCUT2D eigenvalue weighted by Crippen LogP contribution is 2.28. The SMILES string of the molecule is O=CC1N=CNc2cc(CS(=O)O)ccc21. The normalized spacial score (nSPS) is 19.7. The number of benzene rings is 1. The Morgan fingerprint density at radius 1 is 1.56 bits per heavy atom. The van der Waals surface area contributed by atoms with E-state index in [2.05, 4.69) is 10.3 Å². The molecule has 16 heavy (non-hydrogen) atoms. The summed E-state index contributed by atoms with van der Waals surface area (Å²) in [5.41, 5.74) is 2.28. The molecule has 1 aromatic carbocycles. The summed E-state index contributed by atoms with van der Waals surface area (Å²) < 4.78 is 19.4. The first-order valence-corrected chi connectivity index (χ1v) is 5.92. The van der Waals surface area contributed by atoms with Crippen LogP contribution in [-0.4, -0.2) is 21.4 Å². The Morgan fingerprint density at radius 3 is 3.06 bits per heavy atom.